The molecule has 19 heavy (non-hydrogen) atoms. The number of ether oxygens (including phenoxy) is 2. The molecule has 1 aromatic carbocycles. The molecule has 0 atom stereocenters. The predicted molar refractivity (Wildman–Crippen MR) is 76.8 cm³/mol. The molecule has 0 heterocycles. The van der Waals surface area contributed by atoms with Crippen LogP contribution in [0.2, 0.25) is 0 Å². The minimum Gasteiger partial charge on any atom is -0.493 e. The Hall–Kier alpha value is -2.23. The fourth-order valence-corrected chi connectivity index (χ4v) is 1.70. The molecule has 1 amide bonds. The summed E-state index contributed by atoms with van der Waals surface area (Å²) in [5, 5.41) is 2.73. The lowest BCUT2D eigenvalue weighted by Gasteiger charge is -2.13. The number of carbonyl (C=O) groups excluding carboxylic acids is 1. The highest BCUT2D eigenvalue weighted by Gasteiger charge is 2.14. The molecule has 0 aliphatic heterocycles. The SMILES string of the molecule is C=CCNC(=O)c1cc(/C=C/C)c(OC)c(OC)c1. The van der Waals surface area contributed by atoms with E-state index in [1.165, 1.54) is 0 Å². The zero-order valence-electron chi connectivity index (χ0n) is 11.5. The maximum absolute atomic E-state index is 11.9. The van der Waals surface area contributed by atoms with Gasteiger partial charge in [-0.3, -0.25) is 4.79 Å². The highest BCUT2D eigenvalue weighted by Crippen LogP contribution is 2.33. The lowest BCUT2D eigenvalue weighted by atomic mass is 10.1. The molecule has 0 fully saturated rings. The highest BCUT2D eigenvalue weighted by molar-refractivity contribution is 5.96. The normalized spacial score (nSPS) is 10.3. The second-order valence-electron chi connectivity index (χ2n) is 3.80. The van der Waals surface area contributed by atoms with Crippen LogP contribution < -0.4 is 14.8 Å². The average molecular weight is 261 g/mol. The first-order valence-corrected chi connectivity index (χ1v) is 5.95. The van der Waals surface area contributed by atoms with Crippen LogP contribution in [0.1, 0.15) is 22.8 Å². The zero-order valence-corrected chi connectivity index (χ0v) is 11.5. The third-order valence-corrected chi connectivity index (χ3v) is 2.52. The summed E-state index contributed by atoms with van der Waals surface area (Å²) in [5.41, 5.74) is 1.32. The lowest BCUT2D eigenvalue weighted by Crippen LogP contribution is -2.23. The van der Waals surface area contributed by atoms with Crippen molar-refractivity contribution in [2.45, 2.75) is 6.92 Å². The average Bonchev–Trinajstić information content (AvgIpc) is 2.44. The Morgan fingerprint density at radius 1 is 1.37 bits per heavy atom. The second kappa shape index (κ2) is 7.26. The summed E-state index contributed by atoms with van der Waals surface area (Å²) in [4.78, 5) is 11.9. The van der Waals surface area contributed by atoms with Crippen molar-refractivity contribution >= 4 is 12.0 Å². The molecule has 1 rings (SSSR count). The monoisotopic (exact) mass is 261 g/mol. The number of rotatable bonds is 6. The van der Waals surface area contributed by atoms with Crippen molar-refractivity contribution in [3.05, 3.63) is 42.0 Å². The Morgan fingerprint density at radius 3 is 2.63 bits per heavy atom. The van der Waals surface area contributed by atoms with E-state index in [4.69, 9.17) is 9.47 Å². The molecule has 0 saturated heterocycles. The molecule has 0 saturated carbocycles. The van der Waals surface area contributed by atoms with Gasteiger partial charge in [0.05, 0.1) is 14.2 Å². The van der Waals surface area contributed by atoms with Crippen LogP contribution in [-0.2, 0) is 0 Å². The molecule has 4 nitrogen and oxygen atoms in total. The molecule has 0 bridgehead atoms. The Kier molecular flexibility index (Phi) is 5.67. The van der Waals surface area contributed by atoms with Gasteiger partial charge in [0.25, 0.3) is 5.91 Å². The molecule has 0 aliphatic carbocycles. The van der Waals surface area contributed by atoms with Crippen molar-refractivity contribution in [2.24, 2.45) is 0 Å². The van der Waals surface area contributed by atoms with E-state index >= 15 is 0 Å². The van der Waals surface area contributed by atoms with E-state index < -0.39 is 0 Å². The van der Waals surface area contributed by atoms with E-state index in [1.54, 1.807) is 32.4 Å². The maximum atomic E-state index is 11.9. The summed E-state index contributed by atoms with van der Waals surface area (Å²) in [5.74, 6) is 0.967. The zero-order chi connectivity index (χ0) is 14.3. The minimum atomic E-state index is -0.174. The summed E-state index contributed by atoms with van der Waals surface area (Å²) >= 11 is 0. The van der Waals surface area contributed by atoms with Crippen LogP contribution in [0.5, 0.6) is 11.5 Å². The van der Waals surface area contributed by atoms with Gasteiger partial charge in [0.15, 0.2) is 11.5 Å². The number of hydrogen-bond donors (Lipinski definition) is 1. The number of methoxy groups -OCH3 is 2. The van der Waals surface area contributed by atoms with Crippen molar-refractivity contribution < 1.29 is 14.3 Å². The van der Waals surface area contributed by atoms with Crippen molar-refractivity contribution in [3.63, 3.8) is 0 Å². The molecule has 0 spiro atoms. The summed E-state index contributed by atoms with van der Waals surface area (Å²) in [7, 11) is 3.12. The number of carbonyl (C=O) groups is 1. The Labute approximate surface area is 113 Å². The number of hydrogen-bond acceptors (Lipinski definition) is 3. The van der Waals surface area contributed by atoms with E-state index in [0.717, 1.165) is 5.56 Å². The van der Waals surface area contributed by atoms with Crippen molar-refractivity contribution in [1.29, 1.82) is 0 Å². The fraction of sp³-hybridized carbons (Fsp3) is 0.267. The molecule has 1 N–H and O–H groups in total. The molecule has 4 heteroatoms. The van der Waals surface area contributed by atoms with E-state index in [2.05, 4.69) is 11.9 Å². The van der Waals surface area contributed by atoms with Crippen LogP contribution in [0.3, 0.4) is 0 Å². The first-order valence-electron chi connectivity index (χ1n) is 5.95. The predicted octanol–water partition coefficient (Wildman–Crippen LogP) is 2.65. The van der Waals surface area contributed by atoms with Gasteiger partial charge in [-0.2, -0.15) is 0 Å². The number of benzene rings is 1. The molecule has 1 aromatic rings. The largest absolute Gasteiger partial charge is 0.493 e. The molecule has 0 aliphatic rings. The van der Waals surface area contributed by atoms with Crippen LogP contribution in [0.4, 0.5) is 0 Å². The topological polar surface area (TPSA) is 47.6 Å². The molecular formula is C15H19NO3. The summed E-state index contributed by atoms with van der Waals surface area (Å²) in [6.45, 7) is 5.89. The van der Waals surface area contributed by atoms with Crippen molar-refractivity contribution in [2.75, 3.05) is 20.8 Å². The Bertz CT molecular complexity index is 492. The second-order valence-corrected chi connectivity index (χ2v) is 3.80. The van der Waals surface area contributed by atoms with Crippen molar-refractivity contribution in [3.8, 4) is 11.5 Å². The maximum Gasteiger partial charge on any atom is 0.251 e. The highest BCUT2D eigenvalue weighted by atomic mass is 16.5. The molecule has 0 unspecified atom stereocenters. The van der Waals surface area contributed by atoms with E-state index in [0.29, 0.717) is 23.6 Å². The summed E-state index contributed by atoms with van der Waals surface area (Å²) in [6.07, 6.45) is 5.37. The lowest BCUT2D eigenvalue weighted by molar-refractivity contribution is 0.0957. The molecule has 102 valence electrons. The minimum absolute atomic E-state index is 0.174. The third kappa shape index (κ3) is 3.61. The Balaban J connectivity index is 3.23. The molecule has 0 aromatic heterocycles. The summed E-state index contributed by atoms with van der Waals surface area (Å²) < 4.78 is 10.6. The number of nitrogens with one attached hydrogen (secondary N) is 1. The van der Waals surface area contributed by atoms with Gasteiger partial charge in [0.1, 0.15) is 0 Å². The smallest absolute Gasteiger partial charge is 0.251 e. The third-order valence-electron chi connectivity index (χ3n) is 2.52. The molecule has 0 radical (unpaired) electrons. The van der Waals surface area contributed by atoms with E-state index in [9.17, 15) is 4.79 Å². The quantitative estimate of drug-likeness (QED) is 0.801. The Morgan fingerprint density at radius 2 is 2.11 bits per heavy atom. The standard InChI is InChI=1S/C15H19NO3/c1-5-7-11-9-12(15(17)16-8-6-2)10-13(18-3)14(11)19-4/h5-7,9-10H,2,8H2,1,3-4H3,(H,16,17)/b7-5+. The van der Waals surface area contributed by atoms with Gasteiger partial charge in [0, 0.05) is 17.7 Å². The fourth-order valence-electron chi connectivity index (χ4n) is 1.70. The van der Waals surface area contributed by atoms with Gasteiger partial charge in [0.2, 0.25) is 0 Å². The van der Waals surface area contributed by atoms with Gasteiger partial charge in [-0.1, -0.05) is 18.2 Å². The van der Waals surface area contributed by atoms with Crippen LogP contribution in [0.15, 0.2) is 30.9 Å². The van der Waals surface area contributed by atoms with Gasteiger partial charge in [-0.05, 0) is 19.1 Å². The van der Waals surface area contributed by atoms with E-state index in [-0.39, 0.29) is 5.91 Å². The van der Waals surface area contributed by atoms with Crippen molar-refractivity contribution in [1.82, 2.24) is 5.32 Å². The first-order chi connectivity index (χ1) is 9.17. The summed E-state index contributed by atoms with van der Waals surface area (Å²) in [6, 6.07) is 3.42. The van der Waals surface area contributed by atoms with Crippen LogP contribution in [0.25, 0.3) is 6.08 Å². The van der Waals surface area contributed by atoms with Crippen LogP contribution in [-0.4, -0.2) is 26.7 Å². The van der Waals surface area contributed by atoms with Gasteiger partial charge in [-0.15, -0.1) is 6.58 Å². The molecular weight excluding hydrogens is 242 g/mol. The number of allylic oxidation sites excluding steroid dienone is 1. The van der Waals surface area contributed by atoms with Gasteiger partial charge in [-0.25, -0.2) is 0 Å². The van der Waals surface area contributed by atoms with Gasteiger partial charge >= 0.3 is 0 Å². The number of amides is 1. The van der Waals surface area contributed by atoms with Crippen LogP contribution >= 0.6 is 0 Å². The van der Waals surface area contributed by atoms with E-state index in [1.807, 2.05) is 19.1 Å². The first kappa shape index (κ1) is 14.8. The van der Waals surface area contributed by atoms with Crippen LogP contribution in [0, 0.1) is 0 Å². The van der Waals surface area contributed by atoms with Gasteiger partial charge < -0.3 is 14.8 Å².